The van der Waals surface area contributed by atoms with Gasteiger partial charge in [-0.2, -0.15) is 5.10 Å². The van der Waals surface area contributed by atoms with Crippen LogP contribution in [0.25, 0.3) is 11.4 Å². The third kappa shape index (κ3) is 2.42. The van der Waals surface area contributed by atoms with E-state index >= 15 is 0 Å². The lowest BCUT2D eigenvalue weighted by Gasteiger charge is -1.98. The summed E-state index contributed by atoms with van der Waals surface area (Å²) in [5.74, 6) is 1.45. The van der Waals surface area contributed by atoms with Crippen molar-refractivity contribution >= 4 is 27.5 Å². The summed E-state index contributed by atoms with van der Waals surface area (Å²) in [6, 6.07) is 5.57. The molecule has 0 aliphatic carbocycles. The molecule has 0 unspecified atom stereocenters. The number of aromatic amines is 1. The lowest BCUT2D eigenvalue weighted by molar-refractivity contribution is 0.874. The smallest absolute Gasteiger partial charge is 0.181 e. The Morgan fingerprint density at radius 1 is 1.44 bits per heavy atom. The van der Waals surface area contributed by atoms with Gasteiger partial charge in [-0.05, 0) is 40.7 Å². The van der Waals surface area contributed by atoms with Crippen molar-refractivity contribution in [2.24, 2.45) is 5.73 Å². The highest BCUT2D eigenvalue weighted by Crippen LogP contribution is 2.27. The molecule has 0 fully saturated rings. The molecule has 0 aliphatic heterocycles. The fraction of sp³-hybridized carbons (Fsp3) is 0.200. The molecule has 84 valence electrons. The van der Waals surface area contributed by atoms with Gasteiger partial charge >= 0.3 is 0 Å². The van der Waals surface area contributed by atoms with Gasteiger partial charge in [0, 0.05) is 16.5 Å². The average molecular weight is 302 g/mol. The van der Waals surface area contributed by atoms with Crippen molar-refractivity contribution in [1.82, 2.24) is 15.2 Å². The summed E-state index contributed by atoms with van der Waals surface area (Å²) in [5, 5.41) is 7.64. The van der Waals surface area contributed by atoms with E-state index < -0.39 is 0 Å². The van der Waals surface area contributed by atoms with Crippen LogP contribution in [0.2, 0.25) is 5.02 Å². The molecule has 0 bridgehead atoms. The average Bonchev–Trinajstić information content (AvgIpc) is 2.71. The molecular formula is C10H10BrClN4. The third-order valence-electron chi connectivity index (χ3n) is 2.09. The number of benzene rings is 1. The minimum Gasteiger partial charge on any atom is -0.330 e. The monoisotopic (exact) mass is 300 g/mol. The number of rotatable bonds is 3. The highest BCUT2D eigenvalue weighted by Gasteiger charge is 2.07. The van der Waals surface area contributed by atoms with Gasteiger partial charge in [0.15, 0.2) is 5.82 Å². The predicted octanol–water partition coefficient (Wildman–Crippen LogP) is 2.39. The lowest BCUT2D eigenvalue weighted by Crippen LogP contribution is -2.03. The summed E-state index contributed by atoms with van der Waals surface area (Å²) < 4.78 is 0.830. The molecule has 0 saturated heterocycles. The Hall–Kier alpha value is -0.910. The molecule has 1 heterocycles. The minimum absolute atomic E-state index is 0.555. The van der Waals surface area contributed by atoms with E-state index in [0.29, 0.717) is 23.8 Å². The standard InChI is InChI=1S/C10H10BrClN4/c11-7-5-6(1-2-8(7)12)10-14-9(3-4-13)15-16-10/h1-2,5H,3-4,13H2,(H,14,15,16). The molecule has 6 heteroatoms. The Morgan fingerprint density at radius 2 is 2.25 bits per heavy atom. The molecule has 3 N–H and O–H groups in total. The van der Waals surface area contributed by atoms with Crippen molar-refractivity contribution in [2.45, 2.75) is 6.42 Å². The summed E-state index contributed by atoms with van der Waals surface area (Å²) in [6.07, 6.45) is 0.696. The zero-order valence-electron chi connectivity index (χ0n) is 8.37. The molecule has 4 nitrogen and oxygen atoms in total. The van der Waals surface area contributed by atoms with Crippen LogP contribution in [-0.2, 0) is 6.42 Å². The Morgan fingerprint density at radius 3 is 2.94 bits per heavy atom. The fourth-order valence-corrected chi connectivity index (χ4v) is 1.80. The van der Waals surface area contributed by atoms with E-state index in [2.05, 4.69) is 31.1 Å². The maximum Gasteiger partial charge on any atom is 0.181 e. The van der Waals surface area contributed by atoms with E-state index in [4.69, 9.17) is 17.3 Å². The molecule has 1 aromatic heterocycles. The molecule has 0 radical (unpaired) electrons. The van der Waals surface area contributed by atoms with E-state index in [1.165, 1.54) is 0 Å². The number of H-pyrrole nitrogens is 1. The van der Waals surface area contributed by atoms with Crippen LogP contribution in [0.5, 0.6) is 0 Å². The van der Waals surface area contributed by atoms with E-state index in [9.17, 15) is 0 Å². The van der Waals surface area contributed by atoms with E-state index in [-0.39, 0.29) is 0 Å². The summed E-state index contributed by atoms with van der Waals surface area (Å²) in [5.41, 5.74) is 6.35. The van der Waals surface area contributed by atoms with Crippen LogP contribution in [-0.4, -0.2) is 21.7 Å². The highest BCUT2D eigenvalue weighted by atomic mass is 79.9. The van der Waals surface area contributed by atoms with E-state index in [0.717, 1.165) is 15.9 Å². The third-order valence-corrected chi connectivity index (χ3v) is 3.30. The number of nitrogens with zero attached hydrogens (tertiary/aromatic N) is 2. The molecule has 2 aromatic rings. The molecule has 1 aromatic carbocycles. The molecule has 0 amide bonds. The van der Waals surface area contributed by atoms with Gasteiger partial charge in [0.25, 0.3) is 0 Å². The zero-order valence-corrected chi connectivity index (χ0v) is 10.7. The van der Waals surface area contributed by atoms with Crippen molar-refractivity contribution in [3.63, 3.8) is 0 Å². The maximum atomic E-state index is 5.91. The molecular weight excluding hydrogens is 291 g/mol. The topological polar surface area (TPSA) is 67.6 Å². The Balaban J connectivity index is 2.31. The van der Waals surface area contributed by atoms with Crippen LogP contribution >= 0.6 is 27.5 Å². The normalized spacial score (nSPS) is 10.7. The summed E-state index contributed by atoms with van der Waals surface area (Å²) in [4.78, 5) is 4.33. The van der Waals surface area contributed by atoms with Crippen molar-refractivity contribution in [3.8, 4) is 11.4 Å². The van der Waals surface area contributed by atoms with Crippen LogP contribution in [0.3, 0.4) is 0 Å². The van der Waals surface area contributed by atoms with Gasteiger partial charge in [-0.1, -0.05) is 11.6 Å². The SMILES string of the molecule is NCCc1nc(-c2ccc(Cl)c(Br)c2)n[nH]1. The van der Waals surface area contributed by atoms with Crippen LogP contribution in [0, 0.1) is 0 Å². The number of nitrogens with one attached hydrogen (secondary N) is 1. The number of hydrogen-bond acceptors (Lipinski definition) is 3. The van der Waals surface area contributed by atoms with Crippen LogP contribution in [0.4, 0.5) is 0 Å². The van der Waals surface area contributed by atoms with Gasteiger partial charge in [-0.3, -0.25) is 5.10 Å². The summed E-state index contributed by atoms with van der Waals surface area (Å²) in [6.45, 7) is 0.555. The molecule has 0 saturated carbocycles. The van der Waals surface area contributed by atoms with E-state index in [1.54, 1.807) is 6.07 Å². The second-order valence-electron chi connectivity index (χ2n) is 3.27. The van der Waals surface area contributed by atoms with Crippen molar-refractivity contribution in [2.75, 3.05) is 6.54 Å². The van der Waals surface area contributed by atoms with Gasteiger partial charge in [-0.15, -0.1) is 0 Å². The quantitative estimate of drug-likeness (QED) is 0.914. The number of aromatic nitrogens is 3. The van der Waals surface area contributed by atoms with Crippen LogP contribution in [0.15, 0.2) is 22.7 Å². The van der Waals surface area contributed by atoms with Gasteiger partial charge in [-0.25, -0.2) is 4.98 Å². The highest BCUT2D eigenvalue weighted by molar-refractivity contribution is 9.10. The van der Waals surface area contributed by atoms with Crippen molar-refractivity contribution in [3.05, 3.63) is 33.5 Å². The van der Waals surface area contributed by atoms with Gasteiger partial charge in [0.2, 0.25) is 0 Å². The first-order valence-corrected chi connectivity index (χ1v) is 5.94. The Labute approximate surface area is 106 Å². The van der Waals surface area contributed by atoms with Gasteiger partial charge in [0.05, 0.1) is 5.02 Å². The number of halogens is 2. The molecule has 0 aliphatic rings. The number of hydrogen-bond donors (Lipinski definition) is 2. The van der Waals surface area contributed by atoms with Crippen LogP contribution in [0.1, 0.15) is 5.82 Å². The molecule has 0 spiro atoms. The largest absolute Gasteiger partial charge is 0.330 e. The van der Waals surface area contributed by atoms with Crippen molar-refractivity contribution in [1.29, 1.82) is 0 Å². The first-order chi connectivity index (χ1) is 7.70. The van der Waals surface area contributed by atoms with Crippen LogP contribution < -0.4 is 5.73 Å². The Kier molecular flexibility index (Phi) is 3.58. The predicted molar refractivity (Wildman–Crippen MR) is 67.3 cm³/mol. The molecule has 2 rings (SSSR count). The lowest BCUT2D eigenvalue weighted by atomic mass is 10.2. The van der Waals surface area contributed by atoms with E-state index in [1.807, 2.05) is 12.1 Å². The zero-order chi connectivity index (χ0) is 11.5. The molecule has 0 atom stereocenters. The van der Waals surface area contributed by atoms with Gasteiger partial charge in [0.1, 0.15) is 5.82 Å². The first-order valence-electron chi connectivity index (χ1n) is 4.77. The first kappa shape index (κ1) is 11.6. The summed E-state index contributed by atoms with van der Waals surface area (Å²) in [7, 11) is 0. The molecule has 16 heavy (non-hydrogen) atoms. The fourth-order valence-electron chi connectivity index (χ4n) is 1.31. The maximum absolute atomic E-state index is 5.91. The van der Waals surface area contributed by atoms with Gasteiger partial charge < -0.3 is 5.73 Å². The van der Waals surface area contributed by atoms with Crippen molar-refractivity contribution < 1.29 is 0 Å². The second-order valence-corrected chi connectivity index (χ2v) is 4.53. The minimum atomic E-state index is 0.555. The summed E-state index contributed by atoms with van der Waals surface area (Å²) >= 11 is 9.27. The second kappa shape index (κ2) is 4.95. The number of nitrogens with two attached hydrogens (primary N) is 1. The Bertz CT molecular complexity index is 497.